The molecule has 7 nitrogen and oxygen atoms in total. The number of nitrogens with one attached hydrogen (secondary N) is 1. The SMILES string of the molecule is CC(C)CC(C(=O)N1CC=C(NOCc2ccccc2)CC1)N(C)C(=O)OC(C)(C)C. The van der Waals surface area contributed by atoms with Crippen LogP contribution in [-0.4, -0.2) is 53.6 Å². The van der Waals surface area contributed by atoms with Crippen LogP contribution >= 0.6 is 0 Å². The van der Waals surface area contributed by atoms with Crippen LogP contribution in [0.3, 0.4) is 0 Å². The van der Waals surface area contributed by atoms with Gasteiger partial charge in [0.2, 0.25) is 5.91 Å². The van der Waals surface area contributed by atoms with Gasteiger partial charge < -0.3 is 9.64 Å². The Morgan fingerprint density at radius 1 is 1.19 bits per heavy atom. The van der Waals surface area contributed by atoms with E-state index >= 15 is 0 Å². The molecule has 1 aromatic rings. The molecule has 1 aromatic carbocycles. The second-order valence-electron chi connectivity index (χ2n) is 9.38. The first-order chi connectivity index (χ1) is 14.6. The molecule has 2 amide bonds. The Hall–Kier alpha value is -2.54. The van der Waals surface area contributed by atoms with Gasteiger partial charge in [-0.25, -0.2) is 4.79 Å². The molecule has 1 aliphatic heterocycles. The van der Waals surface area contributed by atoms with Crippen molar-refractivity contribution in [2.75, 3.05) is 20.1 Å². The van der Waals surface area contributed by atoms with E-state index in [9.17, 15) is 9.59 Å². The van der Waals surface area contributed by atoms with Crippen LogP contribution in [0.4, 0.5) is 4.79 Å². The van der Waals surface area contributed by atoms with Crippen LogP contribution in [0.2, 0.25) is 0 Å². The van der Waals surface area contributed by atoms with Gasteiger partial charge in [0.25, 0.3) is 0 Å². The van der Waals surface area contributed by atoms with E-state index in [1.165, 1.54) is 4.90 Å². The Morgan fingerprint density at radius 2 is 1.87 bits per heavy atom. The normalized spacial score (nSPS) is 15.3. The van der Waals surface area contributed by atoms with Crippen LogP contribution in [0.1, 0.15) is 53.0 Å². The lowest BCUT2D eigenvalue weighted by atomic mass is 10.0. The van der Waals surface area contributed by atoms with Crippen LogP contribution in [-0.2, 0) is 21.0 Å². The van der Waals surface area contributed by atoms with Gasteiger partial charge in [0, 0.05) is 32.3 Å². The van der Waals surface area contributed by atoms with Gasteiger partial charge in [-0.3, -0.25) is 20.0 Å². The second kappa shape index (κ2) is 11.2. The molecule has 2 rings (SSSR count). The van der Waals surface area contributed by atoms with Crippen LogP contribution in [0.15, 0.2) is 42.1 Å². The predicted molar refractivity (Wildman–Crippen MR) is 121 cm³/mol. The minimum Gasteiger partial charge on any atom is -0.444 e. The average molecular weight is 432 g/mol. The number of carbonyl (C=O) groups excluding carboxylic acids is 2. The Morgan fingerprint density at radius 3 is 2.42 bits per heavy atom. The van der Waals surface area contributed by atoms with Crippen molar-refractivity contribution in [3.05, 3.63) is 47.7 Å². The van der Waals surface area contributed by atoms with E-state index in [1.54, 1.807) is 11.9 Å². The summed E-state index contributed by atoms with van der Waals surface area (Å²) in [7, 11) is 1.64. The minimum absolute atomic E-state index is 0.0532. The molecule has 1 aliphatic rings. The first-order valence-corrected chi connectivity index (χ1v) is 10.9. The fourth-order valence-electron chi connectivity index (χ4n) is 3.29. The summed E-state index contributed by atoms with van der Waals surface area (Å²) in [5, 5.41) is 0. The summed E-state index contributed by atoms with van der Waals surface area (Å²) in [6.07, 6.45) is 2.74. The molecule has 0 saturated heterocycles. The highest BCUT2D eigenvalue weighted by atomic mass is 16.6. The molecule has 0 spiro atoms. The maximum absolute atomic E-state index is 13.2. The molecule has 0 radical (unpaired) electrons. The molecule has 1 N–H and O–H groups in total. The van der Waals surface area contributed by atoms with E-state index in [0.29, 0.717) is 32.5 Å². The Bertz CT molecular complexity index is 756. The molecule has 0 aliphatic carbocycles. The van der Waals surface area contributed by atoms with Gasteiger partial charge in [-0.15, -0.1) is 0 Å². The summed E-state index contributed by atoms with van der Waals surface area (Å²) in [4.78, 5) is 34.6. The van der Waals surface area contributed by atoms with Crippen LogP contribution in [0.25, 0.3) is 0 Å². The van der Waals surface area contributed by atoms with Crippen molar-refractivity contribution in [3.8, 4) is 0 Å². The number of amides is 2. The van der Waals surface area contributed by atoms with Crippen molar-refractivity contribution >= 4 is 12.0 Å². The molecule has 1 unspecified atom stereocenters. The number of benzene rings is 1. The van der Waals surface area contributed by atoms with Gasteiger partial charge in [0.1, 0.15) is 11.6 Å². The van der Waals surface area contributed by atoms with Crippen molar-refractivity contribution in [3.63, 3.8) is 0 Å². The van der Waals surface area contributed by atoms with E-state index in [1.807, 2.05) is 71.0 Å². The number of likely N-dealkylation sites (N-methyl/N-ethyl adjacent to an activating group) is 1. The number of hydroxylamine groups is 1. The topological polar surface area (TPSA) is 71.1 Å². The van der Waals surface area contributed by atoms with E-state index in [0.717, 1.165) is 11.3 Å². The molecule has 0 fully saturated rings. The summed E-state index contributed by atoms with van der Waals surface area (Å²) >= 11 is 0. The van der Waals surface area contributed by atoms with Crippen LogP contribution in [0, 0.1) is 5.92 Å². The first-order valence-electron chi connectivity index (χ1n) is 10.9. The maximum atomic E-state index is 13.2. The lowest BCUT2D eigenvalue weighted by Gasteiger charge is -2.35. The summed E-state index contributed by atoms with van der Waals surface area (Å²) < 4.78 is 5.48. The lowest BCUT2D eigenvalue weighted by molar-refractivity contribution is -0.136. The van der Waals surface area contributed by atoms with Gasteiger partial charge >= 0.3 is 6.09 Å². The molecule has 1 atom stereocenters. The lowest BCUT2D eigenvalue weighted by Crippen LogP contribution is -2.52. The van der Waals surface area contributed by atoms with E-state index in [4.69, 9.17) is 9.57 Å². The van der Waals surface area contributed by atoms with Crippen LogP contribution in [0.5, 0.6) is 0 Å². The number of nitrogens with zero attached hydrogens (tertiary/aromatic N) is 2. The van der Waals surface area contributed by atoms with Crippen LogP contribution < -0.4 is 5.48 Å². The molecule has 1 heterocycles. The minimum atomic E-state index is -0.606. The molecule has 7 heteroatoms. The molecule has 0 bridgehead atoms. The second-order valence-corrected chi connectivity index (χ2v) is 9.38. The summed E-state index contributed by atoms with van der Waals surface area (Å²) in [6, 6.07) is 9.39. The molecule has 0 aromatic heterocycles. The summed E-state index contributed by atoms with van der Waals surface area (Å²) in [6.45, 7) is 11.1. The standard InChI is InChI=1S/C24H37N3O4/c1-18(2)16-21(26(6)23(29)31-24(3,4)5)22(28)27-14-12-20(13-15-27)25-30-17-19-10-8-7-9-11-19/h7-12,18,21,25H,13-17H2,1-6H3. The van der Waals surface area contributed by atoms with Crippen molar-refractivity contribution in [2.24, 2.45) is 5.92 Å². The third-order valence-corrected chi connectivity index (χ3v) is 4.93. The predicted octanol–water partition coefficient (Wildman–Crippen LogP) is 4.11. The van der Waals surface area contributed by atoms with Crippen molar-refractivity contribution in [1.82, 2.24) is 15.3 Å². The fourth-order valence-corrected chi connectivity index (χ4v) is 3.29. The molecular formula is C24H37N3O4. The van der Waals surface area contributed by atoms with Gasteiger partial charge in [0.05, 0.1) is 6.61 Å². The molecule has 0 saturated carbocycles. The first kappa shape index (κ1) is 24.7. The number of rotatable bonds is 8. The fraction of sp³-hybridized carbons (Fsp3) is 0.583. The zero-order valence-corrected chi connectivity index (χ0v) is 19.7. The zero-order chi connectivity index (χ0) is 23.0. The van der Waals surface area contributed by atoms with Gasteiger partial charge in [-0.2, -0.15) is 0 Å². The molecule has 172 valence electrons. The van der Waals surface area contributed by atoms with Gasteiger partial charge in [0.15, 0.2) is 0 Å². The Balaban J connectivity index is 1.93. The van der Waals surface area contributed by atoms with Crippen molar-refractivity contribution in [2.45, 2.75) is 65.7 Å². The number of hydrogen-bond acceptors (Lipinski definition) is 5. The summed E-state index contributed by atoms with van der Waals surface area (Å²) in [5.41, 5.74) is 4.44. The molecular weight excluding hydrogens is 394 g/mol. The third-order valence-electron chi connectivity index (χ3n) is 4.93. The smallest absolute Gasteiger partial charge is 0.410 e. The monoisotopic (exact) mass is 431 g/mol. The highest BCUT2D eigenvalue weighted by Crippen LogP contribution is 2.19. The van der Waals surface area contributed by atoms with E-state index in [-0.39, 0.29) is 11.8 Å². The van der Waals surface area contributed by atoms with Crippen molar-refractivity contribution in [1.29, 1.82) is 0 Å². The van der Waals surface area contributed by atoms with Gasteiger partial charge in [-0.05, 0) is 44.7 Å². The van der Waals surface area contributed by atoms with E-state index in [2.05, 4.69) is 5.48 Å². The Labute approximate surface area is 186 Å². The highest BCUT2D eigenvalue weighted by molar-refractivity contribution is 5.86. The average Bonchev–Trinajstić information content (AvgIpc) is 2.71. The third kappa shape index (κ3) is 8.25. The summed E-state index contributed by atoms with van der Waals surface area (Å²) in [5.74, 6) is 0.213. The highest BCUT2D eigenvalue weighted by Gasteiger charge is 2.34. The zero-order valence-electron chi connectivity index (χ0n) is 19.7. The number of hydrogen-bond donors (Lipinski definition) is 1. The number of ether oxygens (including phenoxy) is 1. The molecule has 31 heavy (non-hydrogen) atoms. The van der Waals surface area contributed by atoms with Gasteiger partial charge in [-0.1, -0.05) is 44.2 Å². The largest absolute Gasteiger partial charge is 0.444 e. The number of carbonyl (C=O) groups is 2. The van der Waals surface area contributed by atoms with E-state index < -0.39 is 17.7 Å². The maximum Gasteiger partial charge on any atom is 0.410 e. The Kier molecular flexibility index (Phi) is 8.92. The quantitative estimate of drug-likeness (QED) is 0.628. The van der Waals surface area contributed by atoms with Crippen molar-refractivity contribution < 1.29 is 19.2 Å².